The van der Waals surface area contributed by atoms with Gasteiger partial charge in [-0.3, -0.25) is 19.1 Å². The number of anilines is 1. The number of benzene rings is 2. The molecule has 3 heterocycles. The molecule has 242 valence electrons. The highest BCUT2D eigenvalue weighted by Gasteiger charge is 2.23. The molecule has 0 aliphatic carbocycles. The zero-order valence-electron chi connectivity index (χ0n) is 25.4. The fraction of sp³-hybridized carbons (Fsp3) is 0.206. The van der Waals surface area contributed by atoms with Crippen molar-refractivity contribution in [1.29, 1.82) is 5.41 Å². The average Bonchev–Trinajstić information content (AvgIpc) is 3.07. The highest BCUT2D eigenvalue weighted by atomic mass is 35.5. The van der Waals surface area contributed by atoms with Crippen LogP contribution in [0.15, 0.2) is 96.1 Å². The number of nitrogens with zero attached hydrogens (tertiary/aromatic N) is 3. The molecule has 0 saturated carbocycles. The van der Waals surface area contributed by atoms with Crippen molar-refractivity contribution in [3.05, 3.63) is 123 Å². The quantitative estimate of drug-likeness (QED) is 0.115. The summed E-state index contributed by atoms with van der Waals surface area (Å²) < 4.78 is 28.7. The second-order valence-electron chi connectivity index (χ2n) is 11.0. The Balaban J connectivity index is 1.54. The standard InChI is InChI=1S/C34H33ClF2N8O2/c1-20-5-2-9-30(21-6-3-7-22(13-21)32(44-34(36)37)29(16-38)43-33(20)47)45-19-42-28(15-31(45)46)25-14-24(35)10-11-27(25)41-18-26(39)23-8-4-12-40-17-23/h3-4,6-8,10-20,30,34,38,41,44H,2,5,9,39H2,1H3,(H,43,47)/b26-18-,32-29+,38-16?. The van der Waals surface area contributed by atoms with Gasteiger partial charge >= 0.3 is 6.55 Å². The van der Waals surface area contributed by atoms with Gasteiger partial charge in [0.15, 0.2) is 0 Å². The van der Waals surface area contributed by atoms with Crippen LogP contribution in [0.1, 0.15) is 48.9 Å². The predicted octanol–water partition coefficient (Wildman–Crippen LogP) is 5.98. The van der Waals surface area contributed by atoms with E-state index >= 15 is 0 Å². The monoisotopic (exact) mass is 658 g/mol. The molecule has 47 heavy (non-hydrogen) atoms. The van der Waals surface area contributed by atoms with Gasteiger partial charge in [0.1, 0.15) is 0 Å². The smallest absolute Gasteiger partial charge is 0.313 e. The number of fused-ring (bicyclic) bond motifs is 2. The molecular formula is C34H33ClF2N8O2. The lowest BCUT2D eigenvalue weighted by Crippen LogP contribution is -2.33. The minimum absolute atomic E-state index is 0.0809. The molecule has 13 heteroatoms. The molecule has 2 atom stereocenters. The summed E-state index contributed by atoms with van der Waals surface area (Å²) in [5.41, 5.74) is 9.45. The van der Waals surface area contributed by atoms with Crippen LogP contribution in [0.5, 0.6) is 0 Å². The minimum Gasteiger partial charge on any atom is -0.397 e. The van der Waals surface area contributed by atoms with Crippen molar-refractivity contribution < 1.29 is 13.6 Å². The van der Waals surface area contributed by atoms with Gasteiger partial charge < -0.3 is 27.1 Å². The largest absolute Gasteiger partial charge is 0.397 e. The molecule has 0 saturated heterocycles. The van der Waals surface area contributed by atoms with Gasteiger partial charge in [-0.1, -0.05) is 43.1 Å². The lowest BCUT2D eigenvalue weighted by Gasteiger charge is -2.24. The molecule has 10 nitrogen and oxygen atoms in total. The molecule has 1 aliphatic heterocycles. The molecule has 2 unspecified atom stereocenters. The number of carbonyl (C=O) groups excluding carboxylic acids is 1. The molecule has 1 aliphatic rings. The molecule has 0 radical (unpaired) electrons. The fourth-order valence-electron chi connectivity index (χ4n) is 5.39. The lowest BCUT2D eigenvalue weighted by atomic mass is 9.94. The Labute approximate surface area is 274 Å². The predicted molar refractivity (Wildman–Crippen MR) is 180 cm³/mol. The molecule has 0 fully saturated rings. The summed E-state index contributed by atoms with van der Waals surface area (Å²) in [6.07, 6.45) is 8.74. The van der Waals surface area contributed by atoms with Crippen molar-refractivity contribution in [3.8, 4) is 11.3 Å². The van der Waals surface area contributed by atoms with Gasteiger partial charge in [0.05, 0.1) is 35.2 Å². The normalized spacial score (nSPS) is 18.9. The number of hydrogen-bond donors (Lipinski definition) is 5. The first-order chi connectivity index (χ1) is 22.6. The van der Waals surface area contributed by atoms with Gasteiger partial charge in [-0.2, -0.15) is 8.78 Å². The van der Waals surface area contributed by atoms with Crippen LogP contribution in [0.3, 0.4) is 0 Å². The SMILES string of the molecule is CC1CCCC(n2cnc(-c3cc(Cl)ccc3N/C=C(\N)c3cccnc3)cc2=O)c2cccc(c2)/C(NC(F)F)=C(/C=N)NC1=O. The Hall–Kier alpha value is -5.36. The molecule has 2 aromatic heterocycles. The summed E-state index contributed by atoms with van der Waals surface area (Å²) in [6, 6.07) is 16.4. The van der Waals surface area contributed by atoms with E-state index in [-0.39, 0.29) is 17.0 Å². The van der Waals surface area contributed by atoms with Gasteiger partial charge in [0.2, 0.25) is 5.91 Å². The number of amides is 1. The van der Waals surface area contributed by atoms with E-state index in [2.05, 4.69) is 25.9 Å². The Bertz CT molecular complexity index is 1890. The van der Waals surface area contributed by atoms with Crippen molar-refractivity contribution in [3.63, 3.8) is 0 Å². The number of pyridine rings is 1. The Morgan fingerprint density at radius 3 is 2.70 bits per heavy atom. The van der Waals surface area contributed by atoms with Crippen LogP contribution in [-0.4, -0.2) is 33.2 Å². The van der Waals surface area contributed by atoms with Crippen molar-refractivity contribution in [2.75, 3.05) is 5.32 Å². The molecule has 2 aromatic carbocycles. The Morgan fingerprint density at radius 1 is 1.15 bits per heavy atom. The number of allylic oxidation sites excluding steroid dienone is 1. The molecule has 6 N–H and O–H groups in total. The first-order valence-electron chi connectivity index (χ1n) is 14.9. The third-order valence-electron chi connectivity index (χ3n) is 7.85. The number of halogens is 3. The van der Waals surface area contributed by atoms with Gasteiger partial charge in [0, 0.05) is 64.2 Å². The van der Waals surface area contributed by atoms with Crippen LogP contribution in [0, 0.1) is 11.3 Å². The zero-order chi connectivity index (χ0) is 33.5. The summed E-state index contributed by atoms with van der Waals surface area (Å²) in [4.78, 5) is 35.4. The maximum absolute atomic E-state index is 13.8. The maximum atomic E-state index is 13.8. The van der Waals surface area contributed by atoms with Crippen LogP contribution in [-0.2, 0) is 4.79 Å². The summed E-state index contributed by atoms with van der Waals surface area (Å²) in [7, 11) is 0. The molecule has 0 spiro atoms. The van der Waals surface area contributed by atoms with Crippen LogP contribution >= 0.6 is 11.6 Å². The summed E-state index contributed by atoms with van der Waals surface area (Å²) >= 11 is 6.34. The first-order valence-corrected chi connectivity index (χ1v) is 15.2. The van der Waals surface area contributed by atoms with E-state index in [1.165, 1.54) is 17.0 Å². The Morgan fingerprint density at radius 2 is 1.98 bits per heavy atom. The summed E-state index contributed by atoms with van der Waals surface area (Å²) in [6.45, 7) is -1.22. The van der Waals surface area contributed by atoms with Gasteiger partial charge in [-0.05, 0) is 54.8 Å². The van der Waals surface area contributed by atoms with Crippen LogP contribution < -0.4 is 27.2 Å². The van der Waals surface area contributed by atoms with E-state index < -0.39 is 24.4 Å². The lowest BCUT2D eigenvalue weighted by molar-refractivity contribution is -0.123. The van der Waals surface area contributed by atoms with Crippen LogP contribution in [0.25, 0.3) is 22.7 Å². The number of aromatic nitrogens is 3. The van der Waals surface area contributed by atoms with Gasteiger partial charge in [-0.15, -0.1) is 0 Å². The molecule has 5 rings (SSSR count). The van der Waals surface area contributed by atoms with Crippen molar-refractivity contribution in [2.24, 2.45) is 11.7 Å². The van der Waals surface area contributed by atoms with Crippen molar-refractivity contribution in [2.45, 2.75) is 38.8 Å². The van der Waals surface area contributed by atoms with Crippen molar-refractivity contribution in [1.82, 2.24) is 25.2 Å². The second-order valence-corrected chi connectivity index (χ2v) is 11.5. The Kier molecular flexibility index (Phi) is 10.4. The van der Waals surface area contributed by atoms with Gasteiger partial charge in [-0.25, -0.2) is 4.98 Å². The van der Waals surface area contributed by atoms with E-state index in [0.29, 0.717) is 58.1 Å². The van der Waals surface area contributed by atoms with E-state index in [1.807, 2.05) is 12.1 Å². The van der Waals surface area contributed by atoms with E-state index in [9.17, 15) is 18.4 Å². The topological polar surface area (TPSA) is 151 Å². The first kappa shape index (κ1) is 33.0. The number of nitrogens with one attached hydrogen (secondary N) is 4. The number of hydrogen-bond acceptors (Lipinski definition) is 8. The highest BCUT2D eigenvalue weighted by Crippen LogP contribution is 2.31. The summed E-state index contributed by atoms with van der Waals surface area (Å²) in [5.74, 6) is -0.861. The van der Waals surface area contributed by atoms with Gasteiger partial charge in [0.25, 0.3) is 5.56 Å². The summed E-state index contributed by atoms with van der Waals surface area (Å²) in [5, 5.41) is 16.1. The number of alkyl halides is 2. The third kappa shape index (κ3) is 7.90. The minimum atomic E-state index is -2.95. The molecule has 4 aromatic rings. The maximum Gasteiger partial charge on any atom is 0.313 e. The number of nitrogens with two attached hydrogens (primary N) is 1. The third-order valence-corrected chi connectivity index (χ3v) is 8.09. The second kappa shape index (κ2) is 14.8. The van der Waals surface area contributed by atoms with Crippen LogP contribution in [0.4, 0.5) is 14.5 Å². The van der Waals surface area contributed by atoms with Crippen LogP contribution in [0.2, 0.25) is 5.02 Å². The molecule has 1 amide bonds. The molecule has 2 bridgehead atoms. The van der Waals surface area contributed by atoms with E-state index in [1.54, 1.807) is 68.0 Å². The number of rotatable bonds is 8. The van der Waals surface area contributed by atoms with Crippen molar-refractivity contribution >= 4 is 40.8 Å². The average molecular weight is 659 g/mol. The highest BCUT2D eigenvalue weighted by molar-refractivity contribution is 6.31. The molecular weight excluding hydrogens is 626 g/mol. The zero-order valence-corrected chi connectivity index (χ0v) is 26.1. The number of carbonyl (C=O) groups is 1. The van der Waals surface area contributed by atoms with E-state index in [4.69, 9.17) is 22.7 Å². The fourth-order valence-corrected chi connectivity index (χ4v) is 5.56. The van der Waals surface area contributed by atoms with E-state index in [0.717, 1.165) is 11.8 Å².